The molecule has 1 rings (SSSR count). The van der Waals surface area contributed by atoms with Gasteiger partial charge in [0.15, 0.2) is 0 Å². The molecule has 0 radical (unpaired) electrons. The second-order valence-electron chi connectivity index (χ2n) is 6.77. The van der Waals surface area contributed by atoms with Gasteiger partial charge < -0.3 is 10.1 Å². The first kappa shape index (κ1) is 16.0. The van der Waals surface area contributed by atoms with Gasteiger partial charge in [0, 0.05) is 13.2 Å². The highest BCUT2D eigenvalue weighted by atomic mass is 16.5. The van der Waals surface area contributed by atoms with Gasteiger partial charge in [0.1, 0.15) is 0 Å². The third-order valence-corrected chi connectivity index (χ3v) is 5.00. The molecule has 0 amide bonds. The molecular formula is C16H33NO. The molecule has 1 N–H and O–H groups in total. The van der Waals surface area contributed by atoms with Crippen LogP contribution < -0.4 is 5.32 Å². The summed E-state index contributed by atoms with van der Waals surface area (Å²) in [5.74, 6) is 2.50. The van der Waals surface area contributed by atoms with Gasteiger partial charge in [-0.05, 0) is 57.4 Å². The number of hydrogen-bond donors (Lipinski definition) is 1. The van der Waals surface area contributed by atoms with Gasteiger partial charge in [-0.15, -0.1) is 0 Å². The van der Waals surface area contributed by atoms with Crippen molar-refractivity contribution in [1.82, 2.24) is 5.32 Å². The Morgan fingerprint density at radius 3 is 2.39 bits per heavy atom. The molecule has 2 heteroatoms. The van der Waals surface area contributed by atoms with Crippen LogP contribution >= 0.6 is 0 Å². The number of methoxy groups -OCH3 is 1. The summed E-state index contributed by atoms with van der Waals surface area (Å²) in [5.41, 5.74) is -0.0693. The van der Waals surface area contributed by atoms with E-state index in [1.54, 1.807) is 0 Å². The minimum Gasteiger partial charge on any atom is -0.377 e. The molecule has 2 nitrogen and oxygen atoms in total. The molecule has 0 aliphatic heterocycles. The van der Waals surface area contributed by atoms with Gasteiger partial charge in [-0.2, -0.15) is 0 Å². The van der Waals surface area contributed by atoms with Crippen LogP contribution in [-0.4, -0.2) is 25.3 Å². The maximum Gasteiger partial charge on any atom is 0.0777 e. The van der Waals surface area contributed by atoms with Gasteiger partial charge in [0.05, 0.1) is 5.60 Å². The highest BCUT2D eigenvalue weighted by Gasteiger charge is 2.38. The normalized spacial score (nSPS) is 31.3. The van der Waals surface area contributed by atoms with Gasteiger partial charge >= 0.3 is 0 Å². The van der Waals surface area contributed by atoms with Crippen molar-refractivity contribution in [1.29, 1.82) is 0 Å². The van der Waals surface area contributed by atoms with E-state index in [1.165, 1.54) is 25.7 Å². The standard InChI is InChI=1S/C16H33NO/c1-7-10-17-15(16(4,5)18-6)14-9-8-12(2)13(3)11-14/h12-15,17H,7-11H2,1-6H3. The molecule has 1 aliphatic rings. The molecule has 0 bridgehead atoms. The molecule has 1 aliphatic carbocycles. The smallest absolute Gasteiger partial charge is 0.0777 e. The monoisotopic (exact) mass is 255 g/mol. The zero-order valence-corrected chi connectivity index (χ0v) is 13.3. The van der Waals surface area contributed by atoms with Crippen LogP contribution in [0.2, 0.25) is 0 Å². The Hall–Kier alpha value is -0.0800. The maximum absolute atomic E-state index is 5.75. The first-order chi connectivity index (χ1) is 8.42. The van der Waals surface area contributed by atoms with Crippen LogP contribution in [0.4, 0.5) is 0 Å². The van der Waals surface area contributed by atoms with Gasteiger partial charge in [0.2, 0.25) is 0 Å². The molecule has 18 heavy (non-hydrogen) atoms. The van der Waals surface area contributed by atoms with Crippen molar-refractivity contribution in [2.75, 3.05) is 13.7 Å². The van der Waals surface area contributed by atoms with Crippen LogP contribution in [0.3, 0.4) is 0 Å². The molecule has 108 valence electrons. The van der Waals surface area contributed by atoms with E-state index in [4.69, 9.17) is 4.74 Å². The predicted octanol–water partition coefficient (Wildman–Crippen LogP) is 3.85. The van der Waals surface area contributed by atoms with E-state index in [1.807, 2.05) is 7.11 Å². The summed E-state index contributed by atoms with van der Waals surface area (Å²) in [6.45, 7) is 12.6. The number of ether oxygens (including phenoxy) is 1. The predicted molar refractivity (Wildman–Crippen MR) is 78.8 cm³/mol. The summed E-state index contributed by atoms with van der Waals surface area (Å²) in [7, 11) is 1.84. The van der Waals surface area contributed by atoms with Crippen LogP contribution in [0.5, 0.6) is 0 Å². The van der Waals surface area contributed by atoms with E-state index in [-0.39, 0.29) is 5.60 Å². The molecule has 0 aromatic heterocycles. The molecule has 0 aromatic carbocycles. The largest absolute Gasteiger partial charge is 0.377 e. The highest BCUT2D eigenvalue weighted by Crippen LogP contribution is 2.38. The average molecular weight is 255 g/mol. The van der Waals surface area contributed by atoms with Crippen molar-refractivity contribution in [2.45, 2.75) is 71.9 Å². The Bertz CT molecular complexity index is 239. The second-order valence-corrected chi connectivity index (χ2v) is 6.77. The lowest BCUT2D eigenvalue weighted by molar-refractivity contribution is -0.0385. The molecular weight excluding hydrogens is 222 g/mol. The SMILES string of the molecule is CCCNC(C1CCC(C)C(C)C1)C(C)(C)OC. The lowest BCUT2D eigenvalue weighted by Crippen LogP contribution is -2.54. The van der Waals surface area contributed by atoms with Crippen molar-refractivity contribution in [3.63, 3.8) is 0 Å². The third kappa shape index (κ3) is 3.96. The zero-order valence-electron chi connectivity index (χ0n) is 13.3. The van der Waals surface area contributed by atoms with Crippen LogP contribution in [0.25, 0.3) is 0 Å². The molecule has 0 saturated heterocycles. The van der Waals surface area contributed by atoms with E-state index < -0.39 is 0 Å². The molecule has 1 saturated carbocycles. The molecule has 4 atom stereocenters. The van der Waals surface area contributed by atoms with Crippen LogP contribution in [0.1, 0.15) is 60.3 Å². The first-order valence-electron chi connectivity index (χ1n) is 7.70. The van der Waals surface area contributed by atoms with Crippen molar-refractivity contribution in [2.24, 2.45) is 17.8 Å². The summed E-state index contributed by atoms with van der Waals surface area (Å²) in [6.07, 6.45) is 5.25. The number of nitrogens with one attached hydrogen (secondary N) is 1. The van der Waals surface area contributed by atoms with E-state index in [2.05, 4.69) is 39.9 Å². The Morgan fingerprint density at radius 1 is 1.22 bits per heavy atom. The minimum absolute atomic E-state index is 0.0693. The van der Waals surface area contributed by atoms with E-state index in [0.29, 0.717) is 6.04 Å². The van der Waals surface area contributed by atoms with Crippen molar-refractivity contribution >= 4 is 0 Å². The van der Waals surface area contributed by atoms with Crippen LogP contribution in [-0.2, 0) is 4.74 Å². The van der Waals surface area contributed by atoms with E-state index >= 15 is 0 Å². The van der Waals surface area contributed by atoms with E-state index in [9.17, 15) is 0 Å². The number of rotatable bonds is 6. The molecule has 0 heterocycles. The first-order valence-corrected chi connectivity index (χ1v) is 7.70. The van der Waals surface area contributed by atoms with Crippen molar-refractivity contribution < 1.29 is 4.74 Å². The Morgan fingerprint density at radius 2 is 1.89 bits per heavy atom. The van der Waals surface area contributed by atoms with Gasteiger partial charge in [0.25, 0.3) is 0 Å². The third-order valence-electron chi connectivity index (χ3n) is 5.00. The van der Waals surface area contributed by atoms with Crippen molar-refractivity contribution in [3.8, 4) is 0 Å². The summed E-state index contributed by atoms with van der Waals surface area (Å²) < 4.78 is 5.75. The number of hydrogen-bond acceptors (Lipinski definition) is 2. The molecule has 1 fully saturated rings. The fraction of sp³-hybridized carbons (Fsp3) is 1.00. The fourth-order valence-corrected chi connectivity index (χ4v) is 3.30. The molecule has 0 aromatic rings. The average Bonchev–Trinajstić information content (AvgIpc) is 2.34. The molecule has 0 spiro atoms. The minimum atomic E-state index is -0.0693. The Labute approximate surface area is 114 Å². The highest BCUT2D eigenvalue weighted by molar-refractivity contribution is 4.93. The Balaban J connectivity index is 2.70. The van der Waals surface area contributed by atoms with Gasteiger partial charge in [-0.3, -0.25) is 0 Å². The lowest BCUT2D eigenvalue weighted by Gasteiger charge is -2.43. The lowest BCUT2D eigenvalue weighted by atomic mass is 9.70. The zero-order chi connectivity index (χ0) is 13.8. The summed E-state index contributed by atoms with van der Waals surface area (Å²) >= 11 is 0. The quantitative estimate of drug-likeness (QED) is 0.778. The second kappa shape index (κ2) is 6.91. The molecule has 4 unspecified atom stereocenters. The summed E-state index contributed by atoms with van der Waals surface area (Å²) in [5, 5.41) is 3.74. The summed E-state index contributed by atoms with van der Waals surface area (Å²) in [4.78, 5) is 0. The Kier molecular flexibility index (Phi) is 6.13. The van der Waals surface area contributed by atoms with Gasteiger partial charge in [-0.25, -0.2) is 0 Å². The van der Waals surface area contributed by atoms with Crippen LogP contribution in [0.15, 0.2) is 0 Å². The van der Waals surface area contributed by atoms with E-state index in [0.717, 1.165) is 24.3 Å². The van der Waals surface area contributed by atoms with Crippen molar-refractivity contribution in [3.05, 3.63) is 0 Å². The maximum atomic E-state index is 5.75. The van der Waals surface area contributed by atoms with Gasteiger partial charge in [-0.1, -0.05) is 27.2 Å². The fourth-order valence-electron chi connectivity index (χ4n) is 3.30. The topological polar surface area (TPSA) is 21.3 Å². The van der Waals surface area contributed by atoms with Crippen LogP contribution in [0, 0.1) is 17.8 Å². The summed E-state index contributed by atoms with van der Waals surface area (Å²) in [6, 6.07) is 0.484.